The van der Waals surface area contributed by atoms with E-state index < -0.39 is 0 Å². The van der Waals surface area contributed by atoms with Crippen LogP contribution in [0, 0.1) is 5.92 Å². The van der Waals surface area contributed by atoms with Gasteiger partial charge in [-0.3, -0.25) is 11.3 Å². The summed E-state index contributed by atoms with van der Waals surface area (Å²) in [6.45, 7) is 0.901. The van der Waals surface area contributed by atoms with Gasteiger partial charge in [0.2, 0.25) is 0 Å². The summed E-state index contributed by atoms with van der Waals surface area (Å²) in [5.41, 5.74) is 3.23. The lowest BCUT2D eigenvalue weighted by Gasteiger charge is -2.45. The summed E-state index contributed by atoms with van der Waals surface area (Å²) < 4.78 is 6.19. The molecule has 20 heavy (non-hydrogen) atoms. The average molecular weight is 313 g/mol. The molecule has 1 aromatic heterocycles. The Morgan fingerprint density at radius 1 is 1.45 bits per heavy atom. The Balaban J connectivity index is 1.65. The van der Waals surface area contributed by atoms with Gasteiger partial charge in [-0.2, -0.15) is 11.8 Å². The van der Waals surface area contributed by atoms with Gasteiger partial charge in [0.15, 0.2) is 0 Å². The highest BCUT2D eigenvalue weighted by Gasteiger charge is 2.40. The van der Waals surface area contributed by atoms with E-state index in [4.69, 9.17) is 10.6 Å². The van der Waals surface area contributed by atoms with Gasteiger partial charge in [0.25, 0.3) is 0 Å². The average Bonchev–Trinajstić information content (AvgIpc) is 2.98. The molecule has 5 heteroatoms. The highest BCUT2D eigenvalue weighted by atomic mass is 32.2. The van der Waals surface area contributed by atoms with E-state index in [1.165, 1.54) is 35.6 Å². The number of hydrogen-bond acceptors (Lipinski definition) is 5. The maximum Gasteiger partial charge on any atom is 0.0701 e. The zero-order valence-electron chi connectivity index (χ0n) is 11.8. The number of thioether (sulfide) groups is 1. The predicted octanol–water partition coefficient (Wildman–Crippen LogP) is 2.81. The molecule has 0 aliphatic carbocycles. The summed E-state index contributed by atoms with van der Waals surface area (Å²) in [7, 11) is 0. The molecule has 2 aliphatic heterocycles. The van der Waals surface area contributed by atoms with Crippen LogP contribution in [0.1, 0.15) is 30.6 Å². The van der Waals surface area contributed by atoms with Crippen molar-refractivity contribution >= 4 is 23.1 Å². The summed E-state index contributed by atoms with van der Waals surface area (Å²) in [6.07, 6.45) is 5.78. The monoisotopic (exact) mass is 312 g/mol. The lowest BCUT2D eigenvalue weighted by atomic mass is 9.78. The molecule has 1 aromatic rings. The summed E-state index contributed by atoms with van der Waals surface area (Å²) in [6, 6.07) is 4.71. The molecule has 3 heterocycles. The SMILES string of the molecule is NNC(Cc1cccs1)C1CCOC2(CCSCC2)C1. The van der Waals surface area contributed by atoms with E-state index in [1.807, 2.05) is 11.3 Å². The second kappa shape index (κ2) is 6.79. The van der Waals surface area contributed by atoms with Crippen molar-refractivity contribution in [3.05, 3.63) is 22.4 Å². The normalized spacial score (nSPS) is 27.6. The van der Waals surface area contributed by atoms with Crippen LogP contribution in [0.3, 0.4) is 0 Å². The third-order valence-corrected chi connectivity index (χ3v) is 6.60. The largest absolute Gasteiger partial charge is 0.375 e. The maximum absolute atomic E-state index is 6.19. The van der Waals surface area contributed by atoms with Crippen molar-refractivity contribution in [1.29, 1.82) is 0 Å². The molecule has 2 unspecified atom stereocenters. The van der Waals surface area contributed by atoms with Crippen LogP contribution in [0.15, 0.2) is 17.5 Å². The number of ether oxygens (including phenoxy) is 1. The Hall–Kier alpha value is -0.0700. The van der Waals surface area contributed by atoms with E-state index in [-0.39, 0.29) is 5.60 Å². The van der Waals surface area contributed by atoms with Crippen molar-refractivity contribution < 1.29 is 4.74 Å². The fourth-order valence-electron chi connectivity index (χ4n) is 3.51. The first-order valence-electron chi connectivity index (χ1n) is 7.51. The zero-order chi connectivity index (χ0) is 13.8. The molecule has 0 radical (unpaired) electrons. The van der Waals surface area contributed by atoms with Gasteiger partial charge in [-0.1, -0.05) is 6.07 Å². The van der Waals surface area contributed by atoms with E-state index in [0.717, 1.165) is 19.4 Å². The van der Waals surface area contributed by atoms with Crippen LogP contribution < -0.4 is 11.3 Å². The molecule has 3 N–H and O–H groups in total. The molecule has 2 aliphatic rings. The van der Waals surface area contributed by atoms with E-state index in [2.05, 4.69) is 34.7 Å². The Kier molecular flexibility index (Phi) is 5.04. The smallest absolute Gasteiger partial charge is 0.0701 e. The predicted molar refractivity (Wildman–Crippen MR) is 87.1 cm³/mol. The minimum Gasteiger partial charge on any atom is -0.375 e. The van der Waals surface area contributed by atoms with E-state index >= 15 is 0 Å². The van der Waals surface area contributed by atoms with Crippen molar-refractivity contribution in [2.24, 2.45) is 11.8 Å². The summed E-state index contributed by atoms with van der Waals surface area (Å²) >= 11 is 3.89. The van der Waals surface area contributed by atoms with Gasteiger partial charge < -0.3 is 4.74 Å². The number of nitrogens with two attached hydrogens (primary N) is 1. The van der Waals surface area contributed by atoms with Crippen LogP contribution in [0.5, 0.6) is 0 Å². The molecule has 0 saturated carbocycles. The maximum atomic E-state index is 6.19. The highest BCUT2D eigenvalue weighted by Crippen LogP contribution is 2.41. The van der Waals surface area contributed by atoms with Gasteiger partial charge in [-0.25, -0.2) is 0 Å². The van der Waals surface area contributed by atoms with Crippen molar-refractivity contribution in [2.45, 2.75) is 43.7 Å². The lowest BCUT2D eigenvalue weighted by Crippen LogP contribution is -2.50. The van der Waals surface area contributed by atoms with Crippen LogP contribution in [-0.4, -0.2) is 29.8 Å². The Bertz CT molecular complexity index is 399. The zero-order valence-corrected chi connectivity index (χ0v) is 13.5. The molecular weight excluding hydrogens is 288 g/mol. The van der Waals surface area contributed by atoms with Crippen LogP contribution in [0.25, 0.3) is 0 Å². The van der Waals surface area contributed by atoms with Crippen molar-refractivity contribution in [3.8, 4) is 0 Å². The molecular formula is C15H24N2OS2. The minimum absolute atomic E-state index is 0.152. The fourth-order valence-corrected chi connectivity index (χ4v) is 5.51. The van der Waals surface area contributed by atoms with Crippen LogP contribution >= 0.6 is 23.1 Å². The fraction of sp³-hybridized carbons (Fsp3) is 0.733. The van der Waals surface area contributed by atoms with Gasteiger partial charge in [0.1, 0.15) is 0 Å². The Morgan fingerprint density at radius 3 is 3.00 bits per heavy atom. The first kappa shape index (κ1) is 14.9. The van der Waals surface area contributed by atoms with Gasteiger partial charge in [-0.15, -0.1) is 11.3 Å². The minimum atomic E-state index is 0.152. The van der Waals surface area contributed by atoms with Crippen molar-refractivity contribution in [2.75, 3.05) is 18.1 Å². The molecule has 1 spiro atoms. The first-order valence-corrected chi connectivity index (χ1v) is 9.55. The summed E-state index contributed by atoms with van der Waals surface area (Å²) in [5, 5.41) is 2.15. The highest BCUT2D eigenvalue weighted by molar-refractivity contribution is 7.99. The van der Waals surface area contributed by atoms with Crippen LogP contribution in [-0.2, 0) is 11.2 Å². The standard InChI is InChI=1S/C15H24N2OS2/c16-17-14(10-13-2-1-7-20-13)12-3-6-18-15(11-12)4-8-19-9-5-15/h1-2,7,12,14,17H,3-6,8-11,16H2. The molecule has 3 nitrogen and oxygen atoms in total. The number of hydrazine groups is 1. The summed E-state index contributed by atoms with van der Waals surface area (Å²) in [5.74, 6) is 8.98. The molecule has 3 rings (SSSR count). The second-order valence-corrected chi connectivity index (χ2v) is 8.21. The van der Waals surface area contributed by atoms with E-state index in [9.17, 15) is 0 Å². The van der Waals surface area contributed by atoms with Crippen molar-refractivity contribution in [3.63, 3.8) is 0 Å². The molecule has 2 saturated heterocycles. The third kappa shape index (κ3) is 3.39. The Morgan fingerprint density at radius 2 is 2.30 bits per heavy atom. The molecule has 2 atom stereocenters. The molecule has 0 bridgehead atoms. The molecule has 2 fully saturated rings. The number of thiophene rings is 1. The second-order valence-electron chi connectivity index (χ2n) is 5.95. The molecule has 112 valence electrons. The summed E-state index contributed by atoms with van der Waals surface area (Å²) in [4.78, 5) is 1.42. The first-order chi connectivity index (χ1) is 9.81. The number of hydrogen-bond donors (Lipinski definition) is 2. The van der Waals surface area contributed by atoms with Gasteiger partial charge in [0, 0.05) is 17.5 Å². The van der Waals surface area contributed by atoms with Gasteiger partial charge >= 0.3 is 0 Å². The number of rotatable bonds is 4. The third-order valence-electron chi connectivity index (χ3n) is 4.72. The van der Waals surface area contributed by atoms with Crippen LogP contribution in [0.4, 0.5) is 0 Å². The van der Waals surface area contributed by atoms with Gasteiger partial charge in [0.05, 0.1) is 5.60 Å². The molecule has 0 amide bonds. The Labute approximate surface area is 129 Å². The lowest BCUT2D eigenvalue weighted by molar-refractivity contribution is -0.107. The molecule has 0 aromatic carbocycles. The topological polar surface area (TPSA) is 47.3 Å². The van der Waals surface area contributed by atoms with E-state index in [1.54, 1.807) is 0 Å². The van der Waals surface area contributed by atoms with Crippen LogP contribution in [0.2, 0.25) is 0 Å². The van der Waals surface area contributed by atoms with E-state index in [0.29, 0.717) is 12.0 Å². The number of nitrogens with one attached hydrogen (secondary N) is 1. The quantitative estimate of drug-likeness (QED) is 0.663. The van der Waals surface area contributed by atoms with Gasteiger partial charge in [-0.05, 0) is 61.0 Å². The van der Waals surface area contributed by atoms with Crippen molar-refractivity contribution in [1.82, 2.24) is 5.43 Å².